The summed E-state index contributed by atoms with van der Waals surface area (Å²) in [7, 11) is 1.64. The van der Waals surface area contributed by atoms with Crippen LogP contribution in [0.1, 0.15) is 47.8 Å². The average Bonchev–Trinajstić information content (AvgIpc) is 2.54. The van der Waals surface area contributed by atoms with E-state index in [2.05, 4.69) is 31.3 Å². The van der Waals surface area contributed by atoms with Crippen LogP contribution in [0, 0.1) is 6.92 Å². The van der Waals surface area contributed by atoms with Gasteiger partial charge in [0.05, 0.1) is 13.3 Å². The molecule has 0 aliphatic carbocycles. The number of methoxy groups -OCH3 is 1. The Balaban J connectivity index is 2.01. The Morgan fingerprint density at radius 1 is 1.12 bits per heavy atom. The first kappa shape index (κ1) is 17.7. The summed E-state index contributed by atoms with van der Waals surface area (Å²) in [5.74, 6) is 0.604. The van der Waals surface area contributed by atoms with E-state index in [-0.39, 0.29) is 11.3 Å². The Bertz CT molecular complexity index is 741. The molecule has 0 aliphatic heterocycles. The highest BCUT2D eigenvalue weighted by Crippen LogP contribution is 2.22. The van der Waals surface area contributed by atoms with Crippen molar-refractivity contribution in [1.29, 1.82) is 0 Å². The van der Waals surface area contributed by atoms with Crippen molar-refractivity contribution >= 4 is 12.1 Å². The fourth-order valence-corrected chi connectivity index (χ4v) is 2.33. The van der Waals surface area contributed by atoms with E-state index in [0.717, 1.165) is 16.9 Å². The first-order chi connectivity index (χ1) is 11.3. The fourth-order valence-electron chi connectivity index (χ4n) is 2.33. The monoisotopic (exact) mass is 324 g/mol. The first-order valence-corrected chi connectivity index (χ1v) is 7.90. The van der Waals surface area contributed by atoms with Gasteiger partial charge in [0.2, 0.25) is 0 Å². The molecule has 0 bridgehead atoms. The van der Waals surface area contributed by atoms with Gasteiger partial charge in [0.25, 0.3) is 5.91 Å². The van der Waals surface area contributed by atoms with Crippen LogP contribution in [-0.2, 0) is 5.41 Å². The molecule has 0 saturated carbocycles. The third kappa shape index (κ3) is 4.44. The second-order valence-electron chi connectivity index (χ2n) is 6.76. The number of hydrogen-bond acceptors (Lipinski definition) is 3. The number of carbonyl (C=O) groups excluding carboxylic acids is 1. The lowest BCUT2D eigenvalue weighted by Gasteiger charge is -2.18. The molecule has 4 nitrogen and oxygen atoms in total. The Morgan fingerprint density at radius 2 is 1.79 bits per heavy atom. The minimum Gasteiger partial charge on any atom is -0.496 e. The predicted molar refractivity (Wildman–Crippen MR) is 97.9 cm³/mol. The molecule has 2 rings (SSSR count). The second-order valence-corrected chi connectivity index (χ2v) is 6.76. The van der Waals surface area contributed by atoms with E-state index in [9.17, 15) is 4.79 Å². The highest BCUT2D eigenvalue weighted by atomic mass is 16.5. The van der Waals surface area contributed by atoms with Gasteiger partial charge in [-0.25, -0.2) is 5.43 Å². The quantitative estimate of drug-likeness (QED) is 0.681. The number of carbonyl (C=O) groups is 1. The summed E-state index contributed by atoms with van der Waals surface area (Å²) < 4.78 is 5.22. The molecule has 24 heavy (non-hydrogen) atoms. The highest BCUT2D eigenvalue weighted by Gasteiger charge is 2.14. The van der Waals surface area contributed by atoms with Crippen LogP contribution < -0.4 is 10.2 Å². The first-order valence-electron chi connectivity index (χ1n) is 7.90. The van der Waals surface area contributed by atoms with Crippen molar-refractivity contribution in [2.75, 3.05) is 7.11 Å². The number of rotatable bonds is 4. The van der Waals surface area contributed by atoms with Gasteiger partial charge in [-0.2, -0.15) is 5.10 Å². The molecule has 0 aliphatic rings. The normalized spacial score (nSPS) is 11.5. The highest BCUT2D eigenvalue weighted by molar-refractivity contribution is 5.94. The molecular weight excluding hydrogens is 300 g/mol. The number of hydrogen-bond donors (Lipinski definition) is 1. The van der Waals surface area contributed by atoms with Gasteiger partial charge in [-0.3, -0.25) is 4.79 Å². The van der Waals surface area contributed by atoms with Crippen molar-refractivity contribution in [1.82, 2.24) is 5.43 Å². The van der Waals surface area contributed by atoms with Crippen LogP contribution in [-0.4, -0.2) is 19.2 Å². The maximum atomic E-state index is 12.1. The Labute approximate surface area is 143 Å². The summed E-state index contributed by atoms with van der Waals surface area (Å²) in [6.45, 7) is 8.39. The van der Waals surface area contributed by atoms with Crippen molar-refractivity contribution < 1.29 is 9.53 Å². The van der Waals surface area contributed by atoms with E-state index in [0.29, 0.717) is 5.56 Å². The molecule has 1 N–H and O–H groups in total. The fraction of sp³-hybridized carbons (Fsp3) is 0.300. The van der Waals surface area contributed by atoms with Gasteiger partial charge in [0.15, 0.2) is 0 Å². The van der Waals surface area contributed by atoms with Crippen LogP contribution in [0.5, 0.6) is 5.75 Å². The van der Waals surface area contributed by atoms with E-state index < -0.39 is 0 Å². The van der Waals surface area contributed by atoms with Gasteiger partial charge in [0, 0.05) is 5.56 Å². The molecule has 4 heteroatoms. The maximum Gasteiger partial charge on any atom is 0.271 e. The second kappa shape index (κ2) is 7.30. The molecule has 0 radical (unpaired) electrons. The largest absolute Gasteiger partial charge is 0.496 e. The van der Waals surface area contributed by atoms with E-state index >= 15 is 0 Å². The van der Waals surface area contributed by atoms with Crippen LogP contribution >= 0.6 is 0 Å². The smallest absolute Gasteiger partial charge is 0.271 e. The van der Waals surface area contributed by atoms with E-state index in [1.165, 1.54) is 5.56 Å². The summed E-state index contributed by atoms with van der Waals surface area (Å²) in [5.41, 5.74) is 6.32. The predicted octanol–water partition coefficient (Wildman–Crippen LogP) is 4.07. The zero-order valence-corrected chi connectivity index (χ0v) is 14.9. The zero-order valence-electron chi connectivity index (χ0n) is 14.9. The molecule has 0 spiro atoms. The lowest BCUT2D eigenvalue weighted by Crippen LogP contribution is -2.18. The topological polar surface area (TPSA) is 50.7 Å². The van der Waals surface area contributed by atoms with Crippen LogP contribution in [0.2, 0.25) is 0 Å². The van der Waals surface area contributed by atoms with E-state index in [1.54, 1.807) is 13.3 Å². The van der Waals surface area contributed by atoms with Crippen LogP contribution in [0.15, 0.2) is 47.6 Å². The number of aryl methyl sites for hydroxylation is 1. The third-order valence-electron chi connectivity index (χ3n) is 3.81. The SMILES string of the molecule is COc1ccc(/C=N/NC(=O)c2ccc(C(C)(C)C)cc2)cc1C. The zero-order chi connectivity index (χ0) is 17.7. The van der Waals surface area contributed by atoms with Crippen molar-refractivity contribution in [3.05, 3.63) is 64.7 Å². The Hall–Kier alpha value is -2.62. The average molecular weight is 324 g/mol. The summed E-state index contributed by atoms with van der Waals surface area (Å²) in [5, 5.41) is 4.02. The standard InChI is InChI=1S/C20H24N2O2/c1-14-12-15(6-11-18(14)24-5)13-21-22-19(23)16-7-9-17(10-8-16)20(2,3)4/h6-13H,1-5H3,(H,22,23)/b21-13+. The third-order valence-corrected chi connectivity index (χ3v) is 3.81. The summed E-state index contributed by atoms with van der Waals surface area (Å²) in [4.78, 5) is 12.1. The van der Waals surface area contributed by atoms with E-state index in [1.807, 2.05) is 49.4 Å². The Morgan fingerprint density at radius 3 is 2.33 bits per heavy atom. The van der Waals surface area contributed by atoms with Crippen molar-refractivity contribution in [3.8, 4) is 5.75 Å². The minimum atomic E-state index is -0.225. The van der Waals surface area contributed by atoms with Crippen LogP contribution in [0.4, 0.5) is 0 Å². The summed E-state index contributed by atoms with van der Waals surface area (Å²) in [6, 6.07) is 13.3. The molecule has 126 valence electrons. The van der Waals surface area contributed by atoms with Crippen LogP contribution in [0.25, 0.3) is 0 Å². The van der Waals surface area contributed by atoms with Gasteiger partial charge in [-0.15, -0.1) is 0 Å². The Kier molecular flexibility index (Phi) is 5.39. The molecule has 1 amide bonds. The van der Waals surface area contributed by atoms with Gasteiger partial charge in [-0.1, -0.05) is 32.9 Å². The van der Waals surface area contributed by atoms with Crippen molar-refractivity contribution in [2.45, 2.75) is 33.1 Å². The van der Waals surface area contributed by atoms with Gasteiger partial charge < -0.3 is 4.74 Å². The molecule has 0 saturated heterocycles. The summed E-state index contributed by atoms with van der Waals surface area (Å²) in [6.07, 6.45) is 1.62. The summed E-state index contributed by atoms with van der Waals surface area (Å²) >= 11 is 0. The molecule has 0 heterocycles. The number of benzene rings is 2. The number of nitrogens with one attached hydrogen (secondary N) is 1. The van der Waals surface area contributed by atoms with E-state index in [4.69, 9.17) is 4.74 Å². The van der Waals surface area contributed by atoms with Crippen molar-refractivity contribution in [3.63, 3.8) is 0 Å². The van der Waals surface area contributed by atoms with Gasteiger partial charge in [0.1, 0.15) is 5.75 Å². The molecule has 0 fully saturated rings. The molecule has 0 aromatic heterocycles. The number of amides is 1. The number of nitrogens with zero attached hydrogens (tertiary/aromatic N) is 1. The molecular formula is C20H24N2O2. The van der Waals surface area contributed by atoms with Crippen LogP contribution in [0.3, 0.4) is 0 Å². The molecule has 2 aromatic rings. The van der Waals surface area contributed by atoms with Crippen molar-refractivity contribution in [2.24, 2.45) is 5.10 Å². The van der Waals surface area contributed by atoms with Gasteiger partial charge in [-0.05, 0) is 59.4 Å². The number of ether oxygens (including phenoxy) is 1. The molecule has 0 unspecified atom stereocenters. The lowest BCUT2D eigenvalue weighted by molar-refractivity contribution is 0.0955. The molecule has 2 aromatic carbocycles. The molecule has 0 atom stereocenters. The maximum absolute atomic E-state index is 12.1. The number of hydrazone groups is 1. The van der Waals surface area contributed by atoms with Gasteiger partial charge >= 0.3 is 0 Å². The lowest BCUT2D eigenvalue weighted by atomic mass is 9.87. The minimum absolute atomic E-state index is 0.0688.